The fourth-order valence-corrected chi connectivity index (χ4v) is 2.51. The molecule has 1 aromatic carbocycles. The van der Waals surface area contributed by atoms with Gasteiger partial charge in [0.1, 0.15) is 0 Å². The molecule has 132 valence electrons. The summed E-state index contributed by atoms with van der Waals surface area (Å²) >= 11 is 0. The maximum Gasteiger partial charge on any atom is 0.255 e. The number of hydrogen-bond acceptors (Lipinski definition) is 5. The molecule has 2 aromatic rings. The number of carbonyl (C=O) groups is 1. The van der Waals surface area contributed by atoms with Crippen LogP contribution < -0.4 is 16.6 Å². The first-order valence-electron chi connectivity index (χ1n) is 8.15. The minimum atomic E-state index is -0.534. The number of primary amides is 1. The molecule has 0 bridgehead atoms. The van der Waals surface area contributed by atoms with Crippen molar-refractivity contribution in [3.05, 3.63) is 45.7 Å². The van der Waals surface area contributed by atoms with Gasteiger partial charge in [-0.15, -0.1) is 0 Å². The summed E-state index contributed by atoms with van der Waals surface area (Å²) in [7, 11) is 0. The lowest BCUT2D eigenvalue weighted by Crippen LogP contribution is -2.39. The molecule has 7 heteroatoms. The molecule has 0 aliphatic heterocycles. The van der Waals surface area contributed by atoms with Crippen molar-refractivity contribution in [1.82, 2.24) is 9.88 Å². The zero-order chi connectivity index (χ0) is 18.4. The lowest BCUT2D eigenvalue weighted by atomic mass is 10.1. The minimum Gasteiger partial charge on any atom is -0.380 e. The van der Waals surface area contributed by atoms with E-state index in [0.717, 1.165) is 5.39 Å². The van der Waals surface area contributed by atoms with E-state index in [4.69, 9.17) is 15.7 Å². The van der Waals surface area contributed by atoms with Gasteiger partial charge in [-0.25, -0.2) is 0 Å². The summed E-state index contributed by atoms with van der Waals surface area (Å²) in [6.07, 6.45) is 0. The lowest BCUT2D eigenvalue weighted by molar-refractivity contribution is -0.119. The third kappa shape index (κ3) is 4.44. The Bertz CT molecular complexity index is 867. The number of nitrogens with two attached hydrogens (primary N) is 1. The topological polar surface area (TPSA) is 110 Å². The molecule has 7 nitrogen and oxygen atoms in total. The van der Waals surface area contributed by atoms with Crippen molar-refractivity contribution in [2.45, 2.75) is 33.0 Å². The molecule has 0 aliphatic rings. The van der Waals surface area contributed by atoms with Gasteiger partial charge >= 0.3 is 0 Å². The van der Waals surface area contributed by atoms with Crippen LogP contribution in [0.15, 0.2) is 29.1 Å². The van der Waals surface area contributed by atoms with E-state index >= 15 is 0 Å². The Morgan fingerprint density at radius 1 is 1.44 bits per heavy atom. The first-order valence-corrected chi connectivity index (χ1v) is 8.15. The highest BCUT2D eigenvalue weighted by Gasteiger charge is 2.13. The zero-order valence-corrected chi connectivity index (χ0v) is 14.4. The summed E-state index contributed by atoms with van der Waals surface area (Å²) in [4.78, 5) is 24.0. The normalized spacial score (nSPS) is 12.0. The molecule has 0 fully saturated rings. The minimum absolute atomic E-state index is 0.175. The van der Waals surface area contributed by atoms with Gasteiger partial charge in [0.15, 0.2) is 0 Å². The summed E-state index contributed by atoms with van der Waals surface area (Å²) in [6.45, 7) is 5.12. The molecule has 3 N–H and O–H groups in total. The van der Waals surface area contributed by atoms with Gasteiger partial charge in [-0.1, -0.05) is 6.07 Å². The lowest BCUT2D eigenvalue weighted by Gasteiger charge is -2.15. The molecule has 0 spiro atoms. The molecule has 1 amide bonds. The number of aromatic nitrogens is 1. The van der Waals surface area contributed by atoms with Crippen molar-refractivity contribution < 1.29 is 9.53 Å². The highest BCUT2D eigenvalue weighted by molar-refractivity contribution is 5.81. The molecule has 1 heterocycles. The van der Waals surface area contributed by atoms with Crippen LogP contribution in [0.2, 0.25) is 0 Å². The number of nitriles is 1. The summed E-state index contributed by atoms with van der Waals surface area (Å²) < 4.78 is 6.97. The third-order valence-corrected chi connectivity index (χ3v) is 3.99. The first-order chi connectivity index (χ1) is 12.0. The molecule has 0 aliphatic carbocycles. The Morgan fingerprint density at radius 3 is 2.84 bits per heavy atom. The van der Waals surface area contributed by atoms with Gasteiger partial charge in [0.2, 0.25) is 5.91 Å². The number of fused-ring (bicyclic) bond motifs is 1. The van der Waals surface area contributed by atoms with Crippen molar-refractivity contribution in [1.29, 1.82) is 5.26 Å². The standard InChI is InChI=1S/C18H22N4O3/c1-3-25-7-6-22-16-8-13(10-19)4-5-14(16)9-15(18(22)24)11-21-12(2)17(20)23/h4-5,8-9,12,21H,3,6-7,11H2,1-2H3,(H2,20,23)/t12-/m0/s1. The third-order valence-electron chi connectivity index (χ3n) is 3.99. The highest BCUT2D eigenvalue weighted by atomic mass is 16.5. The fourth-order valence-electron chi connectivity index (χ4n) is 2.51. The molecular weight excluding hydrogens is 320 g/mol. The van der Waals surface area contributed by atoms with E-state index in [1.807, 2.05) is 13.0 Å². The Kier molecular flexibility index (Phi) is 6.28. The molecule has 25 heavy (non-hydrogen) atoms. The number of rotatable bonds is 8. The number of amides is 1. The Balaban J connectivity index is 2.46. The maximum atomic E-state index is 12.8. The molecule has 0 saturated carbocycles. The van der Waals surface area contributed by atoms with E-state index in [9.17, 15) is 9.59 Å². The zero-order valence-electron chi connectivity index (χ0n) is 14.4. The second-order valence-electron chi connectivity index (χ2n) is 5.71. The number of benzene rings is 1. The summed E-state index contributed by atoms with van der Waals surface area (Å²) in [5, 5.41) is 12.9. The largest absolute Gasteiger partial charge is 0.380 e. The van der Waals surface area contributed by atoms with Gasteiger partial charge in [0, 0.05) is 25.3 Å². The van der Waals surface area contributed by atoms with Crippen LogP contribution in [0, 0.1) is 11.3 Å². The first kappa shape index (κ1) is 18.6. The molecule has 0 radical (unpaired) electrons. The van der Waals surface area contributed by atoms with Crippen LogP contribution in [0.4, 0.5) is 0 Å². The van der Waals surface area contributed by atoms with Gasteiger partial charge < -0.3 is 20.4 Å². The number of hydrogen-bond donors (Lipinski definition) is 2. The Morgan fingerprint density at radius 2 is 2.20 bits per heavy atom. The van der Waals surface area contributed by atoms with Crippen LogP contribution in [0.3, 0.4) is 0 Å². The molecule has 0 saturated heterocycles. The number of nitrogens with one attached hydrogen (secondary N) is 1. The summed E-state index contributed by atoms with van der Waals surface area (Å²) in [5.41, 5.74) is 6.78. The van der Waals surface area contributed by atoms with Gasteiger partial charge in [-0.05, 0) is 37.4 Å². The summed E-state index contributed by atoms with van der Waals surface area (Å²) in [6, 6.07) is 8.55. The predicted octanol–water partition coefficient (Wildman–Crippen LogP) is 0.873. The van der Waals surface area contributed by atoms with E-state index in [1.54, 1.807) is 29.7 Å². The van der Waals surface area contributed by atoms with Crippen LogP contribution >= 0.6 is 0 Å². The number of ether oxygens (including phenoxy) is 1. The molecule has 1 aromatic heterocycles. The predicted molar refractivity (Wildman–Crippen MR) is 94.9 cm³/mol. The molecule has 2 rings (SSSR count). The van der Waals surface area contributed by atoms with Crippen LogP contribution in [-0.4, -0.2) is 29.7 Å². The quantitative estimate of drug-likeness (QED) is 0.692. The Labute approximate surface area is 146 Å². The van der Waals surface area contributed by atoms with E-state index in [-0.39, 0.29) is 12.1 Å². The van der Waals surface area contributed by atoms with E-state index in [1.165, 1.54) is 0 Å². The maximum absolute atomic E-state index is 12.8. The van der Waals surface area contributed by atoms with Gasteiger partial charge in [0.05, 0.1) is 29.8 Å². The van der Waals surface area contributed by atoms with Crippen LogP contribution in [0.1, 0.15) is 25.0 Å². The van der Waals surface area contributed by atoms with E-state index in [2.05, 4.69) is 11.4 Å². The molecule has 0 unspecified atom stereocenters. The van der Waals surface area contributed by atoms with Crippen molar-refractivity contribution in [2.24, 2.45) is 5.73 Å². The van der Waals surface area contributed by atoms with Gasteiger partial charge in [0.25, 0.3) is 5.56 Å². The van der Waals surface area contributed by atoms with Crippen LogP contribution in [0.25, 0.3) is 10.9 Å². The monoisotopic (exact) mass is 342 g/mol. The second-order valence-corrected chi connectivity index (χ2v) is 5.71. The number of carbonyl (C=O) groups excluding carboxylic acids is 1. The van der Waals surface area contributed by atoms with E-state index in [0.29, 0.717) is 36.4 Å². The SMILES string of the molecule is CCOCCn1c(=O)c(CN[C@@H](C)C(N)=O)cc2ccc(C#N)cc21. The highest BCUT2D eigenvalue weighted by Crippen LogP contribution is 2.16. The van der Waals surface area contributed by atoms with Crippen molar-refractivity contribution in [3.8, 4) is 6.07 Å². The molecule has 1 atom stereocenters. The summed E-state index contributed by atoms with van der Waals surface area (Å²) in [5.74, 6) is -0.476. The van der Waals surface area contributed by atoms with Crippen molar-refractivity contribution >= 4 is 16.8 Å². The Hall–Kier alpha value is -2.69. The van der Waals surface area contributed by atoms with Gasteiger partial charge in [-0.3, -0.25) is 9.59 Å². The van der Waals surface area contributed by atoms with Crippen LogP contribution in [-0.2, 0) is 22.6 Å². The average molecular weight is 342 g/mol. The fraction of sp³-hybridized carbons (Fsp3) is 0.389. The number of pyridine rings is 1. The van der Waals surface area contributed by atoms with Crippen molar-refractivity contribution in [2.75, 3.05) is 13.2 Å². The van der Waals surface area contributed by atoms with Gasteiger partial charge in [-0.2, -0.15) is 5.26 Å². The van der Waals surface area contributed by atoms with Crippen LogP contribution in [0.5, 0.6) is 0 Å². The van der Waals surface area contributed by atoms with Crippen molar-refractivity contribution in [3.63, 3.8) is 0 Å². The average Bonchev–Trinajstić information content (AvgIpc) is 2.61. The smallest absolute Gasteiger partial charge is 0.255 e. The molecular formula is C18H22N4O3. The second kappa shape index (κ2) is 8.42. The van der Waals surface area contributed by atoms with E-state index < -0.39 is 11.9 Å². The number of nitrogens with zero attached hydrogens (tertiary/aromatic N) is 2.